The summed E-state index contributed by atoms with van der Waals surface area (Å²) in [6, 6.07) is 4.42. The fourth-order valence-electron chi connectivity index (χ4n) is 4.50. The SMILES string of the molecule is C/C(=C\[C@@H](O)COc1cccc(C(F)(F)F)c1)[C@@H]1C(C/C=C\CCCC(=O)OC(C)C)[C@@H](O)C[C@H]1O. The Morgan fingerprint density at radius 1 is 1.19 bits per heavy atom. The molecule has 5 atom stereocenters. The summed E-state index contributed by atoms with van der Waals surface area (Å²) in [5.41, 5.74) is -0.162. The van der Waals surface area contributed by atoms with E-state index in [-0.39, 0.29) is 42.7 Å². The Hall–Kier alpha value is -2.36. The molecule has 6 nitrogen and oxygen atoms in total. The summed E-state index contributed by atoms with van der Waals surface area (Å²) in [5, 5.41) is 31.3. The van der Waals surface area contributed by atoms with Crippen LogP contribution in [0.3, 0.4) is 0 Å². The number of carbonyl (C=O) groups excluding carboxylic acids is 1. The quantitative estimate of drug-likeness (QED) is 0.210. The number of carbonyl (C=O) groups is 1. The number of halogens is 3. The second-order valence-corrected chi connectivity index (χ2v) is 9.51. The minimum absolute atomic E-state index is 0.00765. The Balaban J connectivity index is 1.90. The number of allylic oxidation sites excluding steroid dienone is 2. The molecule has 1 unspecified atom stereocenters. The predicted molar refractivity (Wildman–Crippen MR) is 129 cm³/mol. The summed E-state index contributed by atoms with van der Waals surface area (Å²) >= 11 is 0. The van der Waals surface area contributed by atoms with Crippen molar-refractivity contribution >= 4 is 5.97 Å². The van der Waals surface area contributed by atoms with Gasteiger partial charge in [0.15, 0.2) is 0 Å². The first kappa shape index (κ1) is 29.9. The van der Waals surface area contributed by atoms with Crippen LogP contribution in [0.15, 0.2) is 48.1 Å². The Kier molecular flexibility index (Phi) is 11.5. The van der Waals surface area contributed by atoms with Crippen LogP contribution < -0.4 is 4.74 Å². The molecular formula is C27H37F3O6. The van der Waals surface area contributed by atoms with Crippen LogP contribution in [0, 0.1) is 11.8 Å². The maximum absolute atomic E-state index is 12.9. The van der Waals surface area contributed by atoms with E-state index < -0.39 is 30.1 Å². The first-order valence-electron chi connectivity index (χ1n) is 12.3. The molecule has 9 heteroatoms. The number of esters is 1. The first-order chi connectivity index (χ1) is 16.9. The van der Waals surface area contributed by atoms with Crippen LogP contribution in [-0.4, -0.2) is 52.3 Å². The number of aliphatic hydroxyl groups is 3. The normalized spacial score (nSPS) is 23.9. The average Bonchev–Trinajstić information content (AvgIpc) is 3.06. The zero-order valence-corrected chi connectivity index (χ0v) is 20.9. The molecule has 1 aromatic carbocycles. The number of ether oxygens (including phenoxy) is 2. The van der Waals surface area contributed by atoms with Gasteiger partial charge in [-0.15, -0.1) is 0 Å². The highest BCUT2D eigenvalue weighted by Crippen LogP contribution is 2.40. The molecule has 0 radical (unpaired) electrons. The summed E-state index contributed by atoms with van der Waals surface area (Å²) in [4.78, 5) is 11.6. The molecule has 1 aliphatic rings. The Labute approximate surface area is 210 Å². The Bertz CT molecular complexity index is 896. The molecule has 202 valence electrons. The molecule has 1 aliphatic carbocycles. The van der Waals surface area contributed by atoms with Crippen molar-refractivity contribution in [2.75, 3.05) is 6.61 Å². The molecule has 0 saturated heterocycles. The Morgan fingerprint density at radius 3 is 2.58 bits per heavy atom. The number of rotatable bonds is 12. The van der Waals surface area contributed by atoms with Crippen molar-refractivity contribution in [1.29, 1.82) is 0 Å². The van der Waals surface area contributed by atoms with E-state index in [2.05, 4.69) is 0 Å². The van der Waals surface area contributed by atoms with E-state index in [0.717, 1.165) is 12.1 Å². The fraction of sp³-hybridized carbons (Fsp3) is 0.593. The van der Waals surface area contributed by atoms with Crippen molar-refractivity contribution in [2.24, 2.45) is 11.8 Å². The minimum Gasteiger partial charge on any atom is -0.491 e. The monoisotopic (exact) mass is 514 g/mol. The van der Waals surface area contributed by atoms with Gasteiger partial charge >= 0.3 is 12.1 Å². The van der Waals surface area contributed by atoms with Crippen LogP contribution in [0.4, 0.5) is 13.2 Å². The van der Waals surface area contributed by atoms with E-state index in [1.807, 2.05) is 12.2 Å². The van der Waals surface area contributed by atoms with Gasteiger partial charge in [0.25, 0.3) is 0 Å². The van der Waals surface area contributed by atoms with Crippen molar-refractivity contribution < 1.29 is 42.8 Å². The standard InChI is InChI=1S/C27H37F3O6/c1-17(2)36-25(34)12-7-5-4-6-11-22-23(32)15-24(33)26(22)18(3)13-20(31)16-35-21-10-8-9-19(14-21)27(28,29)30/h4,6,8-10,13-14,17,20,22-24,26,31-33H,5,7,11-12,15-16H2,1-3H3/b6-4-,18-13+/t20-,22?,23+,24-,26-/m1/s1. The summed E-state index contributed by atoms with van der Waals surface area (Å²) < 4.78 is 49.0. The van der Waals surface area contributed by atoms with Crippen LogP contribution in [-0.2, 0) is 15.7 Å². The van der Waals surface area contributed by atoms with Gasteiger partial charge in [-0.25, -0.2) is 0 Å². The predicted octanol–water partition coefficient (Wildman–Crippen LogP) is 4.82. The molecule has 0 bridgehead atoms. The highest BCUT2D eigenvalue weighted by Gasteiger charge is 2.41. The third kappa shape index (κ3) is 9.59. The van der Waals surface area contributed by atoms with E-state index in [9.17, 15) is 33.3 Å². The van der Waals surface area contributed by atoms with Gasteiger partial charge in [-0.05, 0) is 64.2 Å². The third-order valence-electron chi connectivity index (χ3n) is 6.11. The van der Waals surface area contributed by atoms with Gasteiger partial charge in [-0.3, -0.25) is 4.79 Å². The van der Waals surface area contributed by atoms with Crippen molar-refractivity contribution in [2.45, 2.75) is 83.5 Å². The van der Waals surface area contributed by atoms with Crippen molar-refractivity contribution in [1.82, 2.24) is 0 Å². The third-order valence-corrected chi connectivity index (χ3v) is 6.11. The molecule has 0 aliphatic heterocycles. The second-order valence-electron chi connectivity index (χ2n) is 9.51. The lowest BCUT2D eigenvalue weighted by atomic mass is 9.84. The van der Waals surface area contributed by atoms with Gasteiger partial charge in [0, 0.05) is 18.8 Å². The molecule has 1 saturated carbocycles. The number of hydrogen-bond acceptors (Lipinski definition) is 6. The van der Waals surface area contributed by atoms with E-state index in [1.165, 1.54) is 18.2 Å². The molecule has 0 spiro atoms. The molecule has 0 amide bonds. The lowest BCUT2D eigenvalue weighted by Crippen LogP contribution is -2.24. The van der Waals surface area contributed by atoms with E-state index >= 15 is 0 Å². The van der Waals surface area contributed by atoms with Crippen LogP contribution in [0.2, 0.25) is 0 Å². The number of alkyl halides is 3. The van der Waals surface area contributed by atoms with Crippen molar-refractivity contribution in [3.05, 3.63) is 53.6 Å². The van der Waals surface area contributed by atoms with Gasteiger partial charge in [0.1, 0.15) is 18.5 Å². The van der Waals surface area contributed by atoms with Gasteiger partial charge < -0.3 is 24.8 Å². The van der Waals surface area contributed by atoms with Crippen LogP contribution in [0.25, 0.3) is 0 Å². The maximum atomic E-state index is 12.9. The van der Waals surface area contributed by atoms with Crippen LogP contribution >= 0.6 is 0 Å². The first-order valence-corrected chi connectivity index (χ1v) is 12.3. The van der Waals surface area contributed by atoms with Gasteiger partial charge in [0.2, 0.25) is 0 Å². The van der Waals surface area contributed by atoms with E-state index in [1.54, 1.807) is 20.8 Å². The minimum atomic E-state index is -4.49. The highest BCUT2D eigenvalue weighted by molar-refractivity contribution is 5.69. The number of hydrogen-bond donors (Lipinski definition) is 3. The van der Waals surface area contributed by atoms with Gasteiger partial charge in [0.05, 0.1) is 23.9 Å². The maximum Gasteiger partial charge on any atom is 0.416 e. The lowest BCUT2D eigenvalue weighted by molar-refractivity contribution is -0.147. The van der Waals surface area contributed by atoms with Gasteiger partial charge in [-0.1, -0.05) is 29.9 Å². The molecule has 3 N–H and O–H groups in total. The number of benzene rings is 1. The molecule has 0 aromatic heterocycles. The fourth-order valence-corrected chi connectivity index (χ4v) is 4.50. The van der Waals surface area contributed by atoms with Crippen molar-refractivity contribution in [3.63, 3.8) is 0 Å². The zero-order valence-electron chi connectivity index (χ0n) is 20.9. The molecule has 2 rings (SSSR count). The second kappa shape index (κ2) is 13.8. The van der Waals surface area contributed by atoms with Gasteiger partial charge in [-0.2, -0.15) is 13.2 Å². The zero-order chi connectivity index (χ0) is 26.9. The summed E-state index contributed by atoms with van der Waals surface area (Å²) in [6.45, 7) is 5.09. The largest absolute Gasteiger partial charge is 0.491 e. The van der Waals surface area contributed by atoms with Crippen LogP contribution in [0.1, 0.15) is 58.4 Å². The molecule has 1 fully saturated rings. The number of aliphatic hydroxyl groups excluding tert-OH is 3. The smallest absolute Gasteiger partial charge is 0.416 e. The number of unbranched alkanes of at least 4 members (excludes halogenated alkanes) is 1. The molecular weight excluding hydrogens is 477 g/mol. The Morgan fingerprint density at radius 2 is 1.92 bits per heavy atom. The van der Waals surface area contributed by atoms with Crippen molar-refractivity contribution in [3.8, 4) is 5.75 Å². The summed E-state index contributed by atoms with van der Waals surface area (Å²) in [7, 11) is 0. The van der Waals surface area contributed by atoms with E-state index in [0.29, 0.717) is 31.3 Å². The summed E-state index contributed by atoms with van der Waals surface area (Å²) in [6.07, 6.45) is 0.547. The average molecular weight is 515 g/mol. The summed E-state index contributed by atoms with van der Waals surface area (Å²) in [5.74, 6) is -0.875. The van der Waals surface area contributed by atoms with Crippen LogP contribution in [0.5, 0.6) is 5.75 Å². The highest BCUT2D eigenvalue weighted by atomic mass is 19.4. The van der Waals surface area contributed by atoms with E-state index in [4.69, 9.17) is 9.47 Å². The molecule has 36 heavy (non-hydrogen) atoms. The topological polar surface area (TPSA) is 96.2 Å². The molecule has 1 aromatic rings. The lowest BCUT2D eigenvalue weighted by Gasteiger charge is -2.24. The molecule has 0 heterocycles.